The molecule has 0 radical (unpaired) electrons. The van der Waals surface area contributed by atoms with Crippen molar-refractivity contribution in [2.75, 3.05) is 4.90 Å². The van der Waals surface area contributed by atoms with Gasteiger partial charge in [-0.25, -0.2) is 0 Å². The van der Waals surface area contributed by atoms with Gasteiger partial charge in [0.2, 0.25) is 5.78 Å². The highest BCUT2D eigenvalue weighted by molar-refractivity contribution is 6.48. The molecule has 2 unspecified atom stereocenters. The SMILES string of the molecule is CC(=O)C1C(=O)C(=O)N(c2ccccc2C)C1c1ccccc1. The Labute approximate surface area is 134 Å². The van der Waals surface area contributed by atoms with Crippen LogP contribution in [0.4, 0.5) is 5.69 Å². The summed E-state index contributed by atoms with van der Waals surface area (Å²) in [5, 5.41) is 0. The van der Waals surface area contributed by atoms with Crippen LogP contribution in [0.3, 0.4) is 0 Å². The average Bonchev–Trinajstić information content (AvgIpc) is 2.81. The predicted octanol–water partition coefficient (Wildman–Crippen LogP) is 2.86. The number of benzene rings is 2. The molecule has 2 atom stereocenters. The predicted molar refractivity (Wildman–Crippen MR) is 87.0 cm³/mol. The lowest BCUT2D eigenvalue weighted by Crippen LogP contribution is -2.30. The van der Waals surface area contributed by atoms with Gasteiger partial charge in [-0.2, -0.15) is 0 Å². The van der Waals surface area contributed by atoms with Crippen LogP contribution >= 0.6 is 0 Å². The molecule has 4 heteroatoms. The number of para-hydroxylation sites is 1. The number of ketones is 2. The van der Waals surface area contributed by atoms with E-state index in [-0.39, 0.29) is 5.78 Å². The van der Waals surface area contributed by atoms with Gasteiger partial charge in [0, 0.05) is 5.69 Å². The van der Waals surface area contributed by atoms with Crippen LogP contribution in [0.25, 0.3) is 0 Å². The third-order valence-corrected chi connectivity index (χ3v) is 4.26. The molecule has 2 aromatic carbocycles. The fourth-order valence-electron chi connectivity index (χ4n) is 3.16. The van der Waals surface area contributed by atoms with Gasteiger partial charge in [0.1, 0.15) is 11.7 Å². The van der Waals surface area contributed by atoms with Crippen molar-refractivity contribution in [2.24, 2.45) is 5.92 Å². The minimum absolute atomic E-state index is 0.284. The second-order valence-electron chi connectivity index (χ2n) is 5.77. The molecule has 23 heavy (non-hydrogen) atoms. The number of hydrogen-bond donors (Lipinski definition) is 0. The zero-order valence-corrected chi connectivity index (χ0v) is 13.0. The maximum absolute atomic E-state index is 12.6. The monoisotopic (exact) mass is 307 g/mol. The zero-order valence-electron chi connectivity index (χ0n) is 13.0. The van der Waals surface area contributed by atoms with Crippen LogP contribution in [-0.2, 0) is 14.4 Å². The third-order valence-electron chi connectivity index (χ3n) is 4.26. The summed E-state index contributed by atoms with van der Waals surface area (Å²) in [4.78, 5) is 38.5. The van der Waals surface area contributed by atoms with Gasteiger partial charge in [-0.05, 0) is 31.0 Å². The first-order valence-corrected chi connectivity index (χ1v) is 7.51. The van der Waals surface area contributed by atoms with Gasteiger partial charge in [0.05, 0.1) is 6.04 Å². The summed E-state index contributed by atoms with van der Waals surface area (Å²) in [6, 6.07) is 16.0. The van der Waals surface area contributed by atoms with E-state index >= 15 is 0 Å². The number of carbonyl (C=O) groups excluding carboxylic acids is 3. The lowest BCUT2D eigenvalue weighted by Gasteiger charge is -2.28. The zero-order chi connectivity index (χ0) is 16.6. The lowest BCUT2D eigenvalue weighted by molar-refractivity contribution is -0.138. The molecule has 1 aliphatic rings. The van der Waals surface area contributed by atoms with Crippen molar-refractivity contribution in [3.05, 3.63) is 65.7 Å². The van der Waals surface area contributed by atoms with Crippen LogP contribution in [0.15, 0.2) is 54.6 Å². The van der Waals surface area contributed by atoms with Gasteiger partial charge >= 0.3 is 0 Å². The van der Waals surface area contributed by atoms with E-state index in [1.165, 1.54) is 11.8 Å². The number of anilines is 1. The number of amides is 1. The van der Waals surface area contributed by atoms with Crippen molar-refractivity contribution < 1.29 is 14.4 Å². The molecule has 0 bridgehead atoms. The Kier molecular flexibility index (Phi) is 3.82. The molecule has 0 aliphatic carbocycles. The van der Waals surface area contributed by atoms with Crippen LogP contribution in [-0.4, -0.2) is 17.5 Å². The number of aryl methyl sites for hydroxylation is 1. The van der Waals surface area contributed by atoms with Gasteiger partial charge in [0.15, 0.2) is 0 Å². The summed E-state index contributed by atoms with van der Waals surface area (Å²) >= 11 is 0. The lowest BCUT2D eigenvalue weighted by atomic mass is 9.90. The summed E-state index contributed by atoms with van der Waals surface area (Å²) < 4.78 is 0. The Balaban J connectivity index is 2.19. The number of Topliss-reactive ketones (excluding diaryl/α,β-unsaturated/α-hetero) is 2. The van der Waals surface area contributed by atoms with E-state index in [2.05, 4.69) is 0 Å². The quantitative estimate of drug-likeness (QED) is 0.647. The normalized spacial score (nSPS) is 20.9. The molecule has 0 aromatic heterocycles. The van der Waals surface area contributed by atoms with Crippen molar-refractivity contribution in [3.8, 4) is 0 Å². The fourth-order valence-corrected chi connectivity index (χ4v) is 3.16. The van der Waals surface area contributed by atoms with Crippen molar-refractivity contribution >= 4 is 23.2 Å². The van der Waals surface area contributed by atoms with Crippen LogP contribution < -0.4 is 4.90 Å². The van der Waals surface area contributed by atoms with Crippen molar-refractivity contribution in [1.29, 1.82) is 0 Å². The van der Waals surface area contributed by atoms with Gasteiger partial charge in [-0.1, -0.05) is 48.5 Å². The first kappa shape index (κ1) is 15.2. The molecule has 1 fully saturated rings. The largest absolute Gasteiger partial charge is 0.299 e. The highest BCUT2D eigenvalue weighted by atomic mass is 16.2. The summed E-state index contributed by atoms with van der Waals surface area (Å²) in [5.74, 6) is -2.49. The van der Waals surface area contributed by atoms with Crippen molar-refractivity contribution in [1.82, 2.24) is 0 Å². The summed E-state index contributed by atoms with van der Waals surface area (Å²) in [6.45, 7) is 3.25. The average molecular weight is 307 g/mol. The molecular weight excluding hydrogens is 290 g/mol. The van der Waals surface area contributed by atoms with Crippen LogP contribution in [0.2, 0.25) is 0 Å². The number of nitrogens with zero attached hydrogens (tertiary/aromatic N) is 1. The smallest absolute Gasteiger partial charge is 0.295 e. The molecule has 1 saturated heterocycles. The minimum atomic E-state index is -0.954. The maximum Gasteiger partial charge on any atom is 0.295 e. The summed E-state index contributed by atoms with van der Waals surface area (Å²) in [5.41, 5.74) is 2.34. The molecule has 1 heterocycles. The van der Waals surface area contributed by atoms with E-state index in [0.29, 0.717) is 5.69 Å². The Morgan fingerprint density at radius 3 is 2.17 bits per heavy atom. The fraction of sp³-hybridized carbons (Fsp3) is 0.211. The summed E-state index contributed by atoms with van der Waals surface area (Å²) in [6.07, 6.45) is 0. The molecule has 2 aromatic rings. The Hall–Kier alpha value is -2.75. The minimum Gasteiger partial charge on any atom is -0.299 e. The standard InChI is InChI=1S/C19H17NO3/c1-12-8-6-7-11-15(12)20-17(14-9-4-3-5-10-14)16(13(2)21)18(22)19(20)23/h3-11,16-17H,1-2H3. The van der Waals surface area contributed by atoms with Crippen LogP contribution in [0.5, 0.6) is 0 Å². The maximum atomic E-state index is 12.6. The van der Waals surface area contributed by atoms with E-state index in [4.69, 9.17) is 0 Å². The van der Waals surface area contributed by atoms with Crippen LogP contribution in [0, 0.1) is 12.8 Å². The Morgan fingerprint density at radius 2 is 1.57 bits per heavy atom. The molecule has 0 saturated carbocycles. The van der Waals surface area contributed by atoms with E-state index in [0.717, 1.165) is 11.1 Å². The highest BCUT2D eigenvalue weighted by Crippen LogP contribution is 2.40. The Bertz CT molecular complexity index is 782. The molecule has 0 spiro atoms. The molecule has 1 aliphatic heterocycles. The highest BCUT2D eigenvalue weighted by Gasteiger charge is 2.51. The van der Waals surface area contributed by atoms with E-state index in [1.807, 2.05) is 55.5 Å². The van der Waals surface area contributed by atoms with Crippen molar-refractivity contribution in [3.63, 3.8) is 0 Å². The van der Waals surface area contributed by atoms with E-state index in [9.17, 15) is 14.4 Å². The van der Waals surface area contributed by atoms with Gasteiger partial charge in [0.25, 0.3) is 5.91 Å². The molecule has 0 N–H and O–H groups in total. The number of hydrogen-bond acceptors (Lipinski definition) is 3. The molecule has 3 rings (SSSR count). The second-order valence-corrected chi connectivity index (χ2v) is 5.77. The van der Waals surface area contributed by atoms with Gasteiger partial charge in [-0.3, -0.25) is 19.3 Å². The second kappa shape index (κ2) is 5.80. The third kappa shape index (κ3) is 2.46. The molecule has 4 nitrogen and oxygen atoms in total. The summed E-state index contributed by atoms with van der Waals surface area (Å²) in [7, 11) is 0. The van der Waals surface area contributed by atoms with E-state index < -0.39 is 23.7 Å². The first-order chi connectivity index (χ1) is 11.0. The molecular formula is C19H17NO3. The Morgan fingerprint density at radius 1 is 0.957 bits per heavy atom. The van der Waals surface area contributed by atoms with Gasteiger partial charge in [-0.15, -0.1) is 0 Å². The van der Waals surface area contributed by atoms with E-state index in [1.54, 1.807) is 6.07 Å². The number of rotatable bonds is 3. The first-order valence-electron chi connectivity index (χ1n) is 7.51. The molecule has 116 valence electrons. The van der Waals surface area contributed by atoms with Gasteiger partial charge < -0.3 is 0 Å². The topological polar surface area (TPSA) is 54.5 Å². The van der Waals surface area contributed by atoms with Crippen LogP contribution in [0.1, 0.15) is 24.1 Å². The molecule has 1 amide bonds. The van der Waals surface area contributed by atoms with Crippen molar-refractivity contribution in [2.45, 2.75) is 19.9 Å². The number of carbonyl (C=O) groups is 3.